The summed E-state index contributed by atoms with van der Waals surface area (Å²) in [6.45, 7) is 3.66. The average Bonchev–Trinajstić information content (AvgIpc) is 2.48. The Balaban J connectivity index is 1.82. The lowest BCUT2D eigenvalue weighted by molar-refractivity contribution is 0.0696. The Hall–Kier alpha value is -2.20. The van der Waals surface area contributed by atoms with E-state index in [4.69, 9.17) is 5.11 Å². The van der Waals surface area contributed by atoms with E-state index in [0.717, 1.165) is 12.2 Å². The second kappa shape index (κ2) is 6.82. The molecule has 1 heterocycles. The molecule has 104 valence electrons. The molecule has 4 heteroatoms. The predicted octanol–water partition coefficient (Wildman–Crippen LogP) is 2.67. The van der Waals surface area contributed by atoms with Gasteiger partial charge in [0.25, 0.3) is 0 Å². The Morgan fingerprint density at radius 1 is 1.25 bits per heavy atom. The number of hydrogen-bond acceptors (Lipinski definition) is 3. The average molecular weight is 270 g/mol. The van der Waals surface area contributed by atoms with Crippen LogP contribution in [0, 0.1) is 0 Å². The first-order valence-corrected chi connectivity index (χ1v) is 6.60. The molecular formula is C16H18N2O2. The molecule has 2 rings (SSSR count). The van der Waals surface area contributed by atoms with Gasteiger partial charge in [-0.25, -0.2) is 4.79 Å². The summed E-state index contributed by atoms with van der Waals surface area (Å²) < 4.78 is 0. The zero-order valence-electron chi connectivity index (χ0n) is 11.4. The van der Waals surface area contributed by atoms with Crippen molar-refractivity contribution in [1.29, 1.82) is 0 Å². The summed E-state index contributed by atoms with van der Waals surface area (Å²) >= 11 is 0. The van der Waals surface area contributed by atoms with Gasteiger partial charge in [0, 0.05) is 19.3 Å². The van der Waals surface area contributed by atoms with Gasteiger partial charge in [-0.1, -0.05) is 37.3 Å². The van der Waals surface area contributed by atoms with E-state index in [1.165, 1.54) is 11.8 Å². The molecule has 2 N–H and O–H groups in total. The van der Waals surface area contributed by atoms with E-state index >= 15 is 0 Å². The molecule has 0 aliphatic carbocycles. The molecule has 1 aromatic heterocycles. The van der Waals surface area contributed by atoms with Crippen molar-refractivity contribution in [3.05, 3.63) is 65.5 Å². The molecule has 1 unspecified atom stereocenters. The van der Waals surface area contributed by atoms with Gasteiger partial charge in [0.1, 0.15) is 0 Å². The molecule has 0 spiro atoms. The van der Waals surface area contributed by atoms with Crippen LogP contribution in [0.4, 0.5) is 0 Å². The Kier molecular flexibility index (Phi) is 4.85. The van der Waals surface area contributed by atoms with Crippen LogP contribution in [-0.2, 0) is 6.54 Å². The largest absolute Gasteiger partial charge is 0.478 e. The Morgan fingerprint density at radius 3 is 2.60 bits per heavy atom. The number of carboxylic acid groups (broad SMARTS) is 1. The number of nitrogens with zero attached hydrogens (tertiary/aromatic N) is 1. The number of carbonyl (C=O) groups is 1. The summed E-state index contributed by atoms with van der Waals surface area (Å²) in [5, 5.41) is 12.1. The summed E-state index contributed by atoms with van der Waals surface area (Å²) in [5.74, 6) is -0.524. The molecular weight excluding hydrogens is 252 g/mol. The molecule has 0 amide bonds. The van der Waals surface area contributed by atoms with Gasteiger partial charge in [0.2, 0.25) is 0 Å². The monoisotopic (exact) mass is 270 g/mol. The lowest BCUT2D eigenvalue weighted by atomic mass is 10.0. The molecule has 0 fully saturated rings. The van der Waals surface area contributed by atoms with Crippen LogP contribution in [0.2, 0.25) is 0 Å². The van der Waals surface area contributed by atoms with Gasteiger partial charge in [0.05, 0.1) is 11.3 Å². The van der Waals surface area contributed by atoms with Crippen molar-refractivity contribution >= 4 is 5.97 Å². The number of hydrogen-bond donors (Lipinski definition) is 2. The number of pyridine rings is 1. The second-order valence-electron chi connectivity index (χ2n) is 4.79. The highest BCUT2D eigenvalue weighted by molar-refractivity contribution is 5.87. The van der Waals surface area contributed by atoms with Crippen LogP contribution in [0.15, 0.2) is 48.7 Å². The van der Waals surface area contributed by atoms with Crippen molar-refractivity contribution in [3.8, 4) is 0 Å². The minimum absolute atomic E-state index is 0.214. The Morgan fingerprint density at radius 2 is 2.00 bits per heavy atom. The molecule has 1 aromatic carbocycles. The fraction of sp³-hybridized carbons (Fsp3) is 0.250. The minimum atomic E-state index is -0.949. The maximum atomic E-state index is 10.7. The quantitative estimate of drug-likeness (QED) is 0.847. The van der Waals surface area contributed by atoms with Gasteiger partial charge in [0.15, 0.2) is 0 Å². The summed E-state index contributed by atoms with van der Waals surface area (Å²) in [4.78, 5) is 14.8. The predicted molar refractivity (Wildman–Crippen MR) is 77.8 cm³/mol. The molecule has 0 saturated heterocycles. The van der Waals surface area contributed by atoms with Gasteiger partial charge >= 0.3 is 5.97 Å². The van der Waals surface area contributed by atoms with Crippen LogP contribution >= 0.6 is 0 Å². The van der Waals surface area contributed by atoms with Gasteiger partial charge < -0.3 is 10.4 Å². The summed E-state index contributed by atoms with van der Waals surface area (Å²) in [5.41, 5.74) is 2.36. The van der Waals surface area contributed by atoms with Crippen LogP contribution in [-0.4, -0.2) is 22.6 Å². The topological polar surface area (TPSA) is 62.2 Å². The van der Waals surface area contributed by atoms with Crippen molar-refractivity contribution in [2.24, 2.45) is 0 Å². The Bertz CT molecular complexity index is 552. The molecule has 0 bridgehead atoms. The molecule has 2 aromatic rings. The van der Waals surface area contributed by atoms with E-state index in [1.54, 1.807) is 12.1 Å². The van der Waals surface area contributed by atoms with Crippen LogP contribution in [0.5, 0.6) is 0 Å². The zero-order valence-corrected chi connectivity index (χ0v) is 11.4. The van der Waals surface area contributed by atoms with E-state index in [2.05, 4.69) is 29.4 Å². The number of nitrogens with one attached hydrogen (secondary N) is 1. The van der Waals surface area contributed by atoms with Crippen molar-refractivity contribution in [2.45, 2.75) is 19.4 Å². The van der Waals surface area contributed by atoms with Gasteiger partial charge in [-0.2, -0.15) is 0 Å². The lowest BCUT2D eigenvalue weighted by Crippen LogP contribution is -2.20. The zero-order chi connectivity index (χ0) is 14.4. The third kappa shape index (κ3) is 3.90. The highest BCUT2D eigenvalue weighted by Gasteiger charge is 2.05. The molecule has 0 saturated carbocycles. The maximum absolute atomic E-state index is 10.7. The van der Waals surface area contributed by atoms with Crippen LogP contribution in [0.25, 0.3) is 0 Å². The molecule has 0 aliphatic heterocycles. The molecule has 1 atom stereocenters. The molecule has 20 heavy (non-hydrogen) atoms. The Labute approximate surface area is 118 Å². The van der Waals surface area contributed by atoms with E-state index in [9.17, 15) is 4.79 Å². The number of aromatic carboxylic acids is 1. The van der Waals surface area contributed by atoms with Crippen molar-refractivity contribution in [3.63, 3.8) is 0 Å². The standard InChI is InChI=1S/C16H18N2O2/c1-12(13-5-3-2-4-6-13)9-17-11-15-8-7-14(10-18-15)16(19)20/h2-8,10,12,17H,9,11H2,1H3,(H,19,20). The van der Waals surface area contributed by atoms with Crippen LogP contribution in [0.1, 0.15) is 34.5 Å². The first-order valence-electron chi connectivity index (χ1n) is 6.60. The normalized spacial score (nSPS) is 12.1. The fourth-order valence-electron chi connectivity index (χ4n) is 1.97. The maximum Gasteiger partial charge on any atom is 0.337 e. The van der Waals surface area contributed by atoms with Gasteiger partial charge in [-0.05, 0) is 23.6 Å². The van der Waals surface area contributed by atoms with Gasteiger partial charge in [-0.3, -0.25) is 4.98 Å². The minimum Gasteiger partial charge on any atom is -0.478 e. The molecule has 0 aliphatic rings. The fourth-order valence-corrected chi connectivity index (χ4v) is 1.97. The van der Waals surface area contributed by atoms with E-state index < -0.39 is 5.97 Å². The van der Waals surface area contributed by atoms with Gasteiger partial charge in [-0.15, -0.1) is 0 Å². The van der Waals surface area contributed by atoms with Crippen molar-refractivity contribution in [1.82, 2.24) is 10.3 Å². The number of benzene rings is 1. The number of aromatic nitrogens is 1. The van der Waals surface area contributed by atoms with Crippen molar-refractivity contribution in [2.75, 3.05) is 6.54 Å². The summed E-state index contributed by atoms with van der Waals surface area (Å²) in [7, 11) is 0. The number of rotatable bonds is 6. The molecule has 4 nitrogen and oxygen atoms in total. The van der Waals surface area contributed by atoms with E-state index in [1.807, 2.05) is 18.2 Å². The SMILES string of the molecule is CC(CNCc1ccc(C(=O)O)cn1)c1ccccc1. The van der Waals surface area contributed by atoms with Crippen molar-refractivity contribution < 1.29 is 9.90 Å². The third-order valence-electron chi connectivity index (χ3n) is 3.20. The summed E-state index contributed by atoms with van der Waals surface area (Å²) in [6.07, 6.45) is 1.39. The first-order chi connectivity index (χ1) is 9.66. The first kappa shape index (κ1) is 14.2. The lowest BCUT2D eigenvalue weighted by Gasteiger charge is -2.12. The summed E-state index contributed by atoms with van der Waals surface area (Å²) in [6, 6.07) is 13.6. The molecule has 0 radical (unpaired) electrons. The van der Waals surface area contributed by atoms with E-state index in [-0.39, 0.29) is 5.56 Å². The highest BCUT2D eigenvalue weighted by atomic mass is 16.4. The van der Waals surface area contributed by atoms with E-state index in [0.29, 0.717) is 12.5 Å². The second-order valence-corrected chi connectivity index (χ2v) is 4.79. The highest BCUT2D eigenvalue weighted by Crippen LogP contribution is 2.13. The smallest absolute Gasteiger partial charge is 0.337 e. The van der Waals surface area contributed by atoms with Crippen LogP contribution < -0.4 is 5.32 Å². The third-order valence-corrected chi connectivity index (χ3v) is 3.20. The number of carboxylic acids is 1. The van der Waals surface area contributed by atoms with Crippen LogP contribution in [0.3, 0.4) is 0 Å².